The fraction of sp³-hybridized carbons (Fsp3) is 0.286. The third-order valence-electron chi connectivity index (χ3n) is 3.91. The molecule has 1 fully saturated rings. The minimum Gasteiger partial charge on any atom is -0.365 e. The molecule has 0 aliphatic carbocycles. The van der Waals surface area contributed by atoms with E-state index in [9.17, 15) is 9.60 Å². The van der Waals surface area contributed by atoms with E-state index in [2.05, 4.69) is 24.7 Å². The number of aromatic nitrogens is 4. The third-order valence-corrected chi connectivity index (χ3v) is 3.91. The summed E-state index contributed by atoms with van der Waals surface area (Å²) in [5.74, 6) is 0.210. The van der Waals surface area contributed by atoms with Gasteiger partial charge in [0.25, 0.3) is 5.52 Å². The maximum atomic E-state index is 14.3. The molecule has 0 saturated carbocycles. The first kappa shape index (κ1) is 13.7. The van der Waals surface area contributed by atoms with E-state index in [0.29, 0.717) is 43.3 Å². The van der Waals surface area contributed by atoms with Crippen LogP contribution in [0.4, 0.5) is 16.0 Å². The molecule has 0 atom stereocenters. The molecule has 0 bridgehead atoms. The Morgan fingerprint density at radius 3 is 2.52 bits per heavy atom. The van der Waals surface area contributed by atoms with E-state index in [0.717, 1.165) is 6.07 Å². The molecule has 1 aliphatic heterocycles. The van der Waals surface area contributed by atoms with Gasteiger partial charge in [-0.25, -0.2) is 14.4 Å². The van der Waals surface area contributed by atoms with Gasteiger partial charge in [-0.05, 0) is 11.0 Å². The van der Waals surface area contributed by atoms with Crippen molar-refractivity contribution in [3.05, 3.63) is 41.6 Å². The number of hydrogen-bond acceptors (Lipinski definition) is 7. The predicted molar refractivity (Wildman–Crippen MR) is 79.4 cm³/mol. The summed E-state index contributed by atoms with van der Waals surface area (Å²) in [6.45, 7) is 2.61. The molecule has 2 aromatic heterocycles. The zero-order chi connectivity index (χ0) is 15.8. The Bertz CT molecular complexity index is 832. The topological polar surface area (TPSA) is 85.2 Å². The van der Waals surface area contributed by atoms with E-state index in [1.165, 1.54) is 6.07 Å². The van der Waals surface area contributed by atoms with E-state index in [-0.39, 0.29) is 10.4 Å². The van der Waals surface area contributed by atoms with Crippen LogP contribution >= 0.6 is 0 Å². The van der Waals surface area contributed by atoms with E-state index in [1.807, 2.05) is 4.90 Å². The van der Waals surface area contributed by atoms with Crippen molar-refractivity contribution in [3.8, 4) is 0 Å². The number of halogens is 1. The highest BCUT2D eigenvalue weighted by Crippen LogP contribution is 2.25. The second-order valence-corrected chi connectivity index (χ2v) is 5.25. The minimum atomic E-state index is -0.463. The van der Waals surface area contributed by atoms with Gasteiger partial charge in [0.1, 0.15) is 0 Å². The van der Waals surface area contributed by atoms with Crippen LogP contribution in [0.25, 0.3) is 11.0 Å². The van der Waals surface area contributed by atoms with Gasteiger partial charge in [0.05, 0.1) is 5.69 Å². The Kier molecular flexibility index (Phi) is 3.18. The number of hydrogen-bond donors (Lipinski definition) is 0. The van der Waals surface area contributed by atoms with Gasteiger partial charge < -0.3 is 15.0 Å². The van der Waals surface area contributed by atoms with Crippen LogP contribution in [-0.4, -0.2) is 41.3 Å². The lowest BCUT2D eigenvalue weighted by Crippen LogP contribution is -2.47. The first-order chi connectivity index (χ1) is 11.2. The number of rotatable bonds is 2. The molecular formula is C14H13FN6O2. The van der Waals surface area contributed by atoms with Crippen LogP contribution in [0.1, 0.15) is 0 Å². The molecular weight excluding hydrogens is 303 g/mol. The maximum Gasteiger partial charge on any atom is 0.250 e. The van der Waals surface area contributed by atoms with Crippen molar-refractivity contribution in [1.82, 2.24) is 15.1 Å². The van der Waals surface area contributed by atoms with Crippen molar-refractivity contribution in [3.63, 3.8) is 0 Å². The summed E-state index contributed by atoms with van der Waals surface area (Å²) in [7, 11) is 0. The number of fused-ring (bicyclic) bond motifs is 1. The summed E-state index contributed by atoms with van der Waals surface area (Å²) in [6, 6.07) is 4.46. The van der Waals surface area contributed by atoms with Crippen molar-refractivity contribution in [2.24, 2.45) is 0 Å². The SMILES string of the molecule is [O-][n+]1onc2cc(N3CCN(c4ncccn4)CC3)c(F)cc21. The Morgan fingerprint density at radius 1 is 1.09 bits per heavy atom. The summed E-state index contributed by atoms with van der Waals surface area (Å²) in [5.41, 5.74) is 0.841. The summed E-state index contributed by atoms with van der Waals surface area (Å²) in [5, 5.41) is 14.9. The van der Waals surface area contributed by atoms with Gasteiger partial charge >= 0.3 is 0 Å². The van der Waals surface area contributed by atoms with Gasteiger partial charge in [0.15, 0.2) is 5.82 Å². The van der Waals surface area contributed by atoms with Gasteiger partial charge in [-0.15, -0.1) is 0 Å². The fourth-order valence-corrected chi connectivity index (χ4v) is 2.73. The molecule has 0 spiro atoms. The Balaban J connectivity index is 1.55. The van der Waals surface area contributed by atoms with E-state index in [4.69, 9.17) is 0 Å². The molecule has 1 saturated heterocycles. The number of piperazine rings is 1. The van der Waals surface area contributed by atoms with Gasteiger partial charge in [-0.2, -0.15) is 0 Å². The van der Waals surface area contributed by atoms with E-state index >= 15 is 0 Å². The molecule has 3 heterocycles. The van der Waals surface area contributed by atoms with Gasteiger partial charge in [-0.1, -0.05) is 0 Å². The lowest BCUT2D eigenvalue weighted by molar-refractivity contribution is -0.782. The van der Waals surface area contributed by atoms with E-state index < -0.39 is 5.82 Å². The van der Waals surface area contributed by atoms with Gasteiger partial charge in [0, 0.05) is 55.9 Å². The van der Waals surface area contributed by atoms with Crippen molar-refractivity contribution in [1.29, 1.82) is 0 Å². The molecule has 0 amide bonds. The maximum absolute atomic E-state index is 14.3. The molecule has 8 nitrogen and oxygen atoms in total. The van der Waals surface area contributed by atoms with Crippen molar-refractivity contribution in [2.45, 2.75) is 0 Å². The molecule has 23 heavy (non-hydrogen) atoms. The number of benzene rings is 1. The minimum absolute atomic E-state index is 0.0857. The van der Waals surface area contributed by atoms with Crippen LogP contribution < -0.4 is 14.7 Å². The Morgan fingerprint density at radius 2 is 1.78 bits per heavy atom. The lowest BCUT2D eigenvalue weighted by Gasteiger charge is -2.35. The second-order valence-electron chi connectivity index (χ2n) is 5.25. The zero-order valence-corrected chi connectivity index (χ0v) is 12.1. The van der Waals surface area contributed by atoms with Gasteiger partial charge in [0.2, 0.25) is 11.5 Å². The average molecular weight is 316 g/mol. The van der Waals surface area contributed by atoms with Crippen molar-refractivity contribution in [2.75, 3.05) is 36.0 Å². The van der Waals surface area contributed by atoms with Crippen LogP contribution in [0.3, 0.4) is 0 Å². The molecule has 3 aromatic rings. The molecule has 0 N–H and O–H groups in total. The van der Waals surface area contributed by atoms with Gasteiger partial charge in [-0.3, -0.25) is 4.63 Å². The summed E-state index contributed by atoms with van der Waals surface area (Å²) < 4.78 is 18.8. The highest BCUT2D eigenvalue weighted by atomic mass is 19.1. The van der Waals surface area contributed by atoms with Crippen molar-refractivity contribution >= 4 is 22.7 Å². The molecule has 0 radical (unpaired) electrons. The van der Waals surface area contributed by atoms with E-state index in [1.54, 1.807) is 18.5 Å². The lowest BCUT2D eigenvalue weighted by atomic mass is 10.2. The quantitative estimate of drug-likeness (QED) is 0.644. The highest BCUT2D eigenvalue weighted by Gasteiger charge is 2.23. The Labute approximate surface area is 130 Å². The number of nitrogens with zero attached hydrogens (tertiary/aromatic N) is 6. The summed E-state index contributed by atoms with van der Waals surface area (Å²) >= 11 is 0. The molecule has 1 aromatic carbocycles. The molecule has 1 aliphatic rings. The zero-order valence-electron chi connectivity index (χ0n) is 12.1. The van der Waals surface area contributed by atoms with Crippen LogP contribution in [0.2, 0.25) is 0 Å². The molecule has 9 heteroatoms. The number of anilines is 2. The highest BCUT2D eigenvalue weighted by molar-refractivity contribution is 5.76. The summed E-state index contributed by atoms with van der Waals surface area (Å²) in [4.78, 5) is 12.6. The smallest absolute Gasteiger partial charge is 0.250 e. The standard InChI is InChI=1S/C14H13FN6O2/c15-10-8-13-11(18-23-21(13)22)9-12(10)19-4-6-20(7-5-19)14-16-2-1-3-17-14/h1-3,8-9H,4-7H2. The van der Waals surface area contributed by atoms with Crippen LogP contribution in [0.5, 0.6) is 0 Å². The summed E-state index contributed by atoms with van der Waals surface area (Å²) in [6.07, 6.45) is 3.40. The van der Waals surface area contributed by atoms with Crippen LogP contribution in [0.15, 0.2) is 35.2 Å². The largest absolute Gasteiger partial charge is 0.365 e. The fourth-order valence-electron chi connectivity index (χ4n) is 2.73. The Hall–Kier alpha value is -2.97. The van der Waals surface area contributed by atoms with Crippen LogP contribution in [0, 0.1) is 11.0 Å². The molecule has 4 rings (SSSR count). The second kappa shape index (κ2) is 5.34. The van der Waals surface area contributed by atoms with Crippen molar-refractivity contribution < 1.29 is 13.9 Å². The first-order valence-electron chi connectivity index (χ1n) is 7.18. The average Bonchev–Trinajstić information content (AvgIpc) is 2.95. The normalized spacial score (nSPS) is 15.3. The predicted octanol–water partition coefficient (Wildman–Crippen LogP) is 0.717. The molecule has 0 unspecified atom stereocenters. The van der Waals surface area contributed by atoms with Crippen LogP contribution in [-0.2, 0) is 0 Å². The monoisotopic (exact) mass is 316 g/mol. The molecule has 118 valence electrons. The third kappa shape index (κ3) is 2.39. The first-order valence-corrected chi connectivity index (χ1v) is 7.18.